The van der Waals surface area contributed by atoms with Crippen molar-refractivity contribution >= 4 is 31.7 Å². The zero-order valence-corrected chi connectivity index (χ0v) is 14.8. The van der Waals surface area contributed by atoms with E-state index in [0.717, 1.165) is 23.1 Å². The lowest BCUT2D eigenvalue weighted by atomic mass is 10.1. The van der Waals surface area contributed by atoms with Crippen LogP contribution in [0.1, 0.15) is 37.4 Å². The summed E-state index contributed by atoms with van der Waals surface area (Å²) >= 11 is 0. The number of nitrogens with zero attached hydrogens (tertiary/aromatic N) is 4. The average Bonchev–Trinajstić information content (AvgIpc) is 3.14. The second kappa shape index (κ2) is 6.98. The Balaban J connectivity index is 1.71. The summed E-state index contributed by atoms with van der Waals surface area (Å²) in [4.78, 5) is 11.0. The minimum Gasteiger partial charge on any atom is -0.395 e. The summed E-state index contributed by atoms with van der Waals surface area (Å²) in [6.07, 6.45) is 14.1. The second-order valence-electron chi connectivity index (χ2n) is 6.63. The molecule has 6 heteroatoms. The lowest BCUT2D eigenvalue weighted by molar-refractivity contribution is 0.275. The van der Waals surface area contributed by atoms with Gasteiger partial charge in [0.1, 0.15) is 11.9 Å². The van der Waals surface area contributed by atoms with Gasteiger partial charge in [-0.3, -0.25) is 0 Å². The molecule has 1 aliphatic carbocycles. The monoisotopic (exact) mass is 333 g/mol. The van der Waals surface area contributed by atoms with Gasteiger partial charge >= 0.3 is 0 Å². The molecule has 1 aromatic rings. The molecular weight excluding hydrogens is 307 g/mol. The molecule has 1 aromatic heterocycles. The second-order valence-corrected chi connectivity index (χ2v) is 8.79. The van der Waals surface area contributed by atoms with Crippen molar-refractivity contribution < 1.29 is 5.11 Å². The summed E-state index contributed by atoms with van der Waals surface area (Å²) in [6, 6.07) is 0.499. The smallest absolute Gasteiger partial charge is 0.163 e. The van der Waals surface area contributed by atoms with Gasteiger partial charge in [-0.1, -0.05) is 6.58 Å². The van der Waals surface area contributed by atoms with Crippen LogP contribution in [0.3, 0.4) is 0 Å². The number of aliphatic hydroxyl groups excluding tert-OH is 1. The number of aliphatic imine (C=N–C) groups is 1. The van der Waals surface area contributed by atoms with Crippen LogP contribution in [-0.2, 0) is 0 Å². The fraction of sp³-hybridized carbons (Fsp3) is 0.588. The molecule has 0 spiro atoms. The summed E-state index contributed by atoms with van der Waals surface area (Å²) in [6.45, 7) is 6.94. The lowest BCUT2D eigenvalue weighted by Gasteiger charge is -2.24. The van der Waals surface area contributed by atoms with Crippen LogP contribution in [0.5, 0.6) is 0 Å². The first-order valence-corrected chi connectivity index (χ1v) is 10.5. The molecule has 0 radical (unpaired) electrons. The number of fused-ring (bicyclic) bond motifs is 1. The quantitative estimate of drug-likeness (QED) is 0.814. The predicted molar refractivity (Wildman–Crippen MR) is 99.0 cm³/mol. The van der Waals surface area contributed by atoms with Crippen molar-refractivity contribution in [3.63, 3.8) is 0 Å². The maximum absolute atomic E-state index is 9.11. The van der Waals surface area contributed by atoms with Crippen LogP contribution in [0.15, 0.2) is 17.9 Å². The Morgan fingerprint density at radius 2 is 2.26 bits per heavy atom. The average molecular weight is 333 g/mol. The van der Waals surface area contributed by atoms with E-state index in [1.807, 2.05) is 11.2 Å². The van der Waals surface area contributed by atoms with Gasteiger partial charge in [0.15, 0.2) is 5.82 Å². The van der Waals surface area contributed by atoms with E-state index in [0.29, 0.717) is 12.6 Å². The minimum absolute atomic E-state index is 0.0289. The van der Waals surface area contributed by atoms with Crippen LogP contribution in [-0.4, -0.2) is 58.2 Å². The summed E-state index contributed by atoms with van der Waals surface area (Å²) in [5.41, 5.74) is 1.67. The van der Waals surface area contributed by atoms with E-state index in [2.05, 4.69) is 34.1 Å². The zero-order chi connectivity index (χ0) is 16.4. The third-order valence-electron chi connectivity index (χ3n) is 4.87. The highest BCUT2D eigenvalue weighted by atomic mass is 31.1. The molecule has 3 rings (SSSR count). The van der Waals surface area contributed by atoms with Crippen molar-refractivity contribution in [2.75, 3.05) is 26.0 Å². The molecular formula is C17H26N4OP+. The van der Waals surface area contributed by atoms with Gasteiger partial charge < -0.3 is 14.6 Å². The summed E-state index contributed by atoms with van der Waals surface area (Å²) in [7, 11) is -0.0289. The van der Waals surface area contributed by atoms with E-state index < -0.39 is 0 Å². The van der Waals surface area contributed by atoms with E-state index in [-0.39, 0.29) is 14.2 Å². The molecule has 1 fully saturated rings. The van der Waals surface area contributed by atoms with Gasteiger partial charge in [0.2, 0.25) is 0 Å². The molecule has 3 unspecified atom stereocenters. The van der Waals surface area contributed by atoms with E-state index in [1.54, 1.807) is 6.34 Å². The van der Waals surface area contributed by atoms with Gasteiger partial charge in [0.05, 0.1) is 45.5 Å². The number of hydrogen-bond acceptors (Lipinski definition) is 4. The van der Waals surface area contributed by atoms with Crippen molar-refractivity contribution in [3.8, 4) is 0 Å². The largest absolute Gasteiger partial charge is 0.395 e. The van der Waals surface area contributed by atoms with Crippen molar-refractivity contribution in [1.82, 2.24) is 14.5 Å². The Labute approximate surface area is 139 Å². The number of rotatable bonds is 6. The van der Waals surface area contributed by atoms with Crippen LogP contribution in [0.4, 0.5) is 5.82 Å². The normalized spacial score (nSPS) is 24.2. The predicted octanol–water partition coefficient (Wildman–Crippen LogP) is 3.10. The summed E-state index contributed by atoms with van der Waals surface area (Å²) in [5, 5.41) is 9.11. The summed E-state index contributed by atoms with van der Waals surface area (Å²) in [5.74, 6) is 1.73. The van der Waals surface area contributed by atoms with Crippen LogP contribution in [0.2, 0.25) is 0 Å². The summed E-state index contributed by atoms with van der Waals surface area (Å²) < 4.78 is 2.23. The van der Waals surface area contributed by atoms with Crippen molar-refractivity contribution in [2.45, 2.75) is 31.7 Å². The first-order valence-electron chi connectivity index (χ1n) is 8.29. The maximum Gasteiger partial charge on any atom is 0.163 e. The molecule has 1 aliphatic heterocycles. The third kappa shape index (κ3) is 3.41. The van der Waals surface area contributed by atoms with Crippen LogP contribution < -0.4 is 0 Å². The molecule has 124 valence electrons. The maximum atomic E-state index is 9.11. The zero-order valence-electron chi connectivity index (χ0n) is 13.9. The molecule has 2 aliphatic rings. The van der Waals surface area contributed by atoms with E-state index >= 15 is 0 Å². The standard InChI is InChI=1S/C17H26N4OP/c1-13-16-17(19-11-20(13)7-8-22)21(12-18-16)15-5-4-14(10-15)6-9-23(2)3/h11-12,14-15,22H,1-2,4-10H2,3H3/q+1. The van der Waals surface area contributed by atoms with E-state index in [1.165, 1.54) is 31.8 Å². The number of imidazole rings is 1. The van der Waals surface area contributed by atoms with Gasteiger partial charge in [-0.25, -0.2) is 9.98 Å². The Hall–Kier alpha value is -1.45. The first kappa shape index (κ1) is 16.4. The molecule has 0 aromatic carbocycles. The number of aliphatic hydroxyl groups is 1. The molecule has 0 bridgehead atoms. The molecule has 1 N–H and O–H groups in total. The lowest BCUT2D eigenvalue weighted by Crippen LogP contribution is -2.25. The van der Waals surface area contributed by atoms with Crippen molar-refractivity contribution in [2.24, 2.45) is 10.9 Å². The Morgan fingerprint density at radius 1 is 1.43 bits per heavy atom. The topological polar surface area (TPSA) is 53.7 Å². The molecule has 1 saturated carbocycles. The van der Waals surface area contributed by atoms with Gasteiger partial charge in [-0.15, -0.1) is 0 Å². The van der Waals surface area contributed by atoms with Crippen LogP contribution in [0, 0.1) is 5.92 Å². The Bertz CT molecular complexity index is 637. The van der Waals surface area contributed by atoms with Gasteiger partial charge in [0, 0.05) is 12.6 Å². The van der Waals surface area contributed by atoms with Crippen molar-refractivity contribution in [3.05, 3.63) is 18.6 Å². The van der Waals surface area contributed by atoms with Crippen molar-refractivity contribution in [1.29, 1.82) is 0 Å². The van der Waals surface area contributed by atoms with Gasteiger partial charge in [0.25, 0.3) is 0 Å². The SMILES string of the molecule is C=C1c2ncn(C3CCC(CC[P+](=C)C)C3)c2N=CN1CCO. The minimum atomic E-state index is -0.0289. The first-order chi connectivity index (χ1) is 11.1. The van der Waals surface area contributed by atoms with Gasteiger partial charge in [-0.05, 0) is 31.6 Å². The molecule has 5 nitrogen and oxygen atoms in total. The Morgan fingerprint density at radius 3 is 3.00 bits per heavy atom. The van der Waals surface area contributed by atoms with E-state index in [9.17, 15) is 0 Å². The van der Waals surface area contributed by atoms with E-state index in [4.69, 9.17) is 5.11 Å². The molecule has 0 amide bonds. The number of aromatic nitrogens is 2. The highest BCUT2D eigenvalue weighted by Gasteiger charge is 2.30. The van der Waals surface area contributed by atoms with Crippen LogP contribution >= 0.6 is 7.55 Å². The number of β-amino-alcohol motifs (C(OH)–C–C–N with tert-alkyl or cyclic N) is 1. The third-order valence-corrected chi connectivity index (χ3v) is 5.90. The Kier molecular flexibility index (Phi) is 4.98. The molecule has 3 atom stereocenters. The highest BCUT2D eigenvalue weighted by molar-refractivity contribution is 7.54. The molecule has 0 saturated heterocycles. The fourth-order valence-electron chi connectivity index (χ4n) is 3.55. The fourth-order valence-corrected chi connectivity index (χ4v) is 4.36. The molecule has 2 heterocycles. The number of hydrogen-bond donors (Lipinski definition) is 1. The van der Waals surface area contributed by atoms with Gasteiger partial charge in [-0.2, -0.15) is 0 Å². The molecule has 23 heavy (non-hydrogen) atoms. The van der Waals surface area contributed by atoms with Crippen LogP contribution in [0.25, 0.3) is 5.70 Å². The highest BCUT2D eigenvalue weighted by Crippen LogP contribution is 2.41.